The molecule has 0 fully saturated rings. The Balaban J connectivity index is 3.09. The maximum Gasteiger partial charge on any atom is 0.269 e. The van der Waals surface area contributed by atoms with Crippen LogP contribution in [0.1, 0.15) is 18.5 Å². The van der Waals surface area contributed by atoms with E-state index < -0.39 is 21.0 Å². The van der Waals surface area contributed by atoms with E-state index in [-0.39, 0.29) is 5.69 Å². The van der Waals surface area contributed by atoms with Crippen LogP contribution in [-0.2, 0) is 10.0 Å². The van der Waals surface area contributed by atoms with Gasteiger partial charge in [-0.15, -0.1) is 0 Å². The molecular formula is C10H14N2O4S. The van der Waals surface area contributed by atoms with Crippen LogP contribution in [0.25, 0.3) is 0 Å². The Morgan fingerprint density at radius 2 is 2.00 bits per heavy atom. The Kier molecular flexibility index (Phi) is 3.84. The van der Waals surface area contributed by atoms with Crippen LogP contribution in [-0.4, -0.2) is 30.9 Å². The molecule has 0 saturated carbocycles. The zero-order chi connectivity index (χ0) is 13.2. The van der Waals surface area contributed by atoms with Gasteiger partial charge >= 0.3 is 0 Å². The highest BCUT2D eigenvalue weighted by Crippen LogP contribution is 2.24. The van der Waals surface area contributed by atoms with Gasteiger partial charge in [0, 0.05) is 25.2 Å². The maximum absolute atomic E-state index is 11.4. The molecule has 0 spiro atoms. The molecule has 0 aromatic heterocycles. The number of nitrogens with zero attached hydrogens (tertiary/aromatic N) is 2. The number of benzene rings is 1. The topological polar surface area (TPSA) is 80.5 Å². The molecule has 0 amide bonds. The summed E-state index contributed by atoms with van der Waals surface area (Å²) in [5.41, 5.74) is 0.545. The van der Waals surface area contributed by atoms with Crippen LogP contribution in [0.3, 0.4) is 0 Å². The lowest BCUT2D eigenvalue weighted by molar-refractivity contribution is -0.384. The van der Waals surface area contributed by atoms with Crippen molar-refractivity contribution in [1.29, 1.82) is 0 Å². The number of non-ortho nitro benzene ring substituents is 1. The number of nitro groups is 1. The Hall–Kier alpha value is -1.47. The fourth-order valence-electron chi connectivity index (χ4n) is 1.40. The molecule has 0 aliphatic rings. The van der Waals surface area contributed by atoms with Gasteiger partial charge in [-0.25, -0.2) is 8.42 Å². The van der Waals surface area contributed by atoms with E-state index in [0.717, 1.165) is 6.26 Å². The van der Waals surface area contributed by atoms with E-state index in [9.17, 15) is 18.5 Å². The number of hydrogen-bond acceptors (Lipinski definition) is 4. The summed E-state index contributed by atoms with van der Waals surface area (Å²) in [6.45, 7) is 1.68. The van der Waals surface area contributed by atoms with Gasteiger partial charge in [-0.05, 0) is 12.5 Å². The Bertz CT molecular complexity index is 527. The highest BCUT2D eigenvalue weighted by molar-refractivity contribution is 7.88. The van der Waals surface area contributed by atoms with Crippen LogP contribution in [0.2, 0.25) is 0 Å². The second-order valence-corrected chi connectivity index (χ2v) is 5.85. The SMILES string of the molecule is CC(c1cccc([N+](=O)[O-])c1)N(C)S(C)(=O)=O. The zero-order valence-corrected chi connectivity index (χ0v) is 10.6. The van der Waals surface area contributed by atoms with E-state index in [4.69, 9.17) is 0 Å². The zero-order valence-electron chi connectivity index (χ0n) is 9.82. The van der Waals surface area contributed by atoms with Gasteiger partial charge < -0.3 is 0 Å². The van der Waals surface area contributed by atoms with Crippen molar-refractivity contribution >= 4 is 15.7 Å². The molecule has 0 N–H and O–H groups in total. The van der Waals surface area contributed by atoms with Crippen molar-refractivity contribution < 1.29 is 13.3 Å². The number of hydrogen-bond donors (Lipinski definition) is 0. The summed E-state index contributed by atoms with van der Waals surface area (Å²) >= 11 is 0. The first-order valence-corrected chi connectivity index (χ1v) is 6.75. The Labute approximate surface area is 100 Å². The molecule has 1 aromatic carbocycles. The third-order valence-electron chi connectivity index (χ3n) is 2.63. The van der Waals surface area contributed by atoms with Gasteiger partial charge in [0.15, 0.2) is 0 Å². The van der Waals surface area contributed by atoms with Gasteiger partial charge in [-0.1, -0.05) is 12.1 Å². The van der Waals surface area contributed by atoms with Crippen molar-refractivity contribution in [2.75, 3.05) is 13.3 Å². The van der Waals surface area contributed by atoms with Gasteiger partial charge in [0.25, 0.3) is 5.69 Å². The van der Waals surface area contributed by atoms with Crippen molar-refractivity contribution in [2.24, 2.45) is 0 Å². The fourth-order valence-corrected chi connectivity index (χ4v) is 2.09. The van der Waals surface area contributed by atoms with Crippen molar-refractivity contribution in [3.05, 3.63) is 39.9 Å². The predicted molar refractivity (Wildman–Crippen MR) is 64.1 cm³/mol. The third-order valence-corrected chi connectivity index (χ3v) is 3.99. The molecule has 0 radical (unpaired) electrons. The molecule has 17 heavy (non-hydrogen) atoms. The molecule has 1 aromatic rings. The lowest BCUT2D eigenvalue weighted by atomic mass is 10.1. The number of rotatable bonds is 4. The Morgan fingerprint density at radius 1 is 1.41 bits per heavy atom. The highest BCUT2D eigenvalue weighted by atomic mass is 32.2. The summed E-state index contributed by atoms with van der Waals surface area (Å²) in [5.74, 6) is 0. The monoisotopic (exact) mass is 258 g/mol. The summed E-state index contributed by atoms with van der Waals surface area (Å²) < 4.78 is 23.9. The summed E-state index contributed by atoms with van der Waals surface area (Å²) in [6.07, 6.45) is 1.10. The van der Waals surface area contributed by atoms with E-state index >= 15 is 0 Å². The highest BCUT2D eigenvalue weighted by Gasteiger charge is 2.21. The van der Waals surface area contributed by atoms with Crippen molar-refractivity contribution in [3.63, 3.8) is 0 Å². The van der Waals surface area contributed by atoms with Gasteiger partial charge in [-0.3, -0.25) is 10.1 Å². The smallest absolute Gasteiger partial charge is 0.258 e. The maximum atomic E-state index is 11.4. The minimum Gasteiger partial charge on any atom is -0.258 e. The summed E-state index contributed by atoms with van der Waals surface area (Å²) in [4.78, 5) is 10.1. The first-order valence-electron chi connectivity index (χ1n) is 4.91. The van der Waals surface area contributed by atoms with E-state index in [1.54, 1.807) is 19.1 Å². The van der Waals surface area contributed by atoms with Crippen molar-refractivity contribution in [1.82, 2.24) is 4.31 Å². The average Bonchev–Trinajstić information content (AvgIpc) is 2.26. The second-order valence-electron chi connectivity index (χ2n) is 3.81. The van der Waals surface area contributed by atoms with Crippen molar-refractivity contribution in [3.8, 4) is 0 Å². The minimum absolute atomic E-state index is 0.0451. The lowest BCUT2D eigenvalue weighted by Crippen LogP contribution is -2.28. The predicted octanol–water partition coefficient (Wildman–Crippen LogP) is 1.55. The third kappa shape index (κ3) is 3.24. The van der Waals surface area contributed by atoms with Gasteiger partial charge in [0.2, 0.25) is 10.0 Å². The minimum atomic E-state index is -3.32. The van der Waals surface area contributed by atoms with E-state index in [1.165, 1.54) is 23.5 Å². The molecule has 0 saturated heterocycles. The molecule has 0 aliphatic carbocycles. The van der Waals surface area contributed by atoms with Crippen LogP contribution < -0.4 is 0 Å². The molecule has 1 rings (SSSR count). The molecule has 1 atom stereocenters. The van der Waals surface area contributed by atoms with Crippen LogP contribution in [0.15, 0.2) is 24.3 Å². The molecule has 0 heterocycles. The second kappa shape index (κ2) is 4.80. The molecular weight excluding hydrogens is 244 g/mol. The molecule has 6 nitrogen and oxygen atoms in total. The Morgan fingerprint density at radius 3 is 2.47 bits per heavy atom. The van der Waals surface area contributed by atoms with Crippen LogP contribution in [0.5, 0.6) is 0 Å². The van der Waals surface area contributed by atoms with E-state index in [0.29, 0.717) is 5.56 Å². The number of sulfonamides is 1. The summed E-state index contributed by atoms with van der Waals surface area (Å²) in [7, 11) is -1.88. The molecule has 1 unspecified atom stereocenters. The molecule has 0 aliphatic heterocycles. The van der Waals surface area contributed by atoms with Crippen LogP contribution in [0, 0.1) is 10.1 Å². The summed E-state index contributed by atoms with van der Waals surface area (Å²) in [5, 5.41) is 10.6. The first-order chi connectivity index (χ1) is 7.73. The van der Waals surface area contributed by atoms with E-state index in [2.05, 4.69) is 0 Å². The van der Waals surface area contributed by atoms with Crippen molar-refractivity contribution in [2.45, 2.75) is 13.0 Å². The standard InChI is InChI=1S/C10H14N2O4S/c1-8(11(2)17(3,15)16)9-5-4-6-10(7-9)12(13)14/h4-8H,1-3H3. The normalized spacial score (nSPS) is 13.6. The first kappa shape index (κ1) is 13.6. The largest absolute Gasteiger partial charge is 0.269 e. The van der Waals surface area contributed by atoms with Crippen LogP contribution >= 0.6 is 0 Å². The number of nitro benzene ring substituents is 1. The van der Waals surface area contributed by atoms with Gasteiger partial charge in [-0.2, -0.15) is 4.31 Å². The molecule has 94 valence electrons. The van der Waals surface area contributed by atoms with Gasteiger partial charge in [0.1, 0.15) is 0 Å². The lowest BCUT2D eigenvalue weighted by Gasteiger charge is -2.22. The molecule has 0 bridgehead atoms. The fraction of sp³-hybridized carbons (Fsp3) is 0.400. The average molecular weight is 258 g/mol. The van der Waals surface area contributed by atoms with Gasteiger partial charge in [0.05, 0.1) is 11.2 Å². The molecule has 7 heteroatoms. The van der Waals surface area contributed by atoms with E-state index in [1.807, 2.05) is 0 Å². The van der Waals surface area contributed by atoms with Crippen LogP contribution in [0.4, 0.5) is 5.69 Å². The summed E-state index contributed by atoms with van der Waals surface area (Å²) in [6, 6.07) is 5.52. The quantitative estimate of drug-likeness (QED) is 0.606.